The zero-order valence-corrected chi connectivity index (χ0v) is 22.0. The van der Waals surface area contributed by atoms with Crippen LogP contribution in [0.5, 0.6) is 11.5 Å². The third-order valence-corrected chi connectivity index (χ3v) is 8.27. The monoisotopic (exact) mass is 515 g/mol. The van der Waals surface area contributed by atoms with Gasteiger partial charge in [0, 0.05) is 12.8 Å². The zero-order chi connectivity index (χ0) is 25.8. The summed E-state index contributed by atoms with van der Waals surface area (Å²) in [5.74, 6) is 1.11. The van der Waals surface area contributed by atoms with Crippen molar-refractivity contribution in [3.63, 3.8) is 0 Å². The van der Waals surface area contributed by atoms with Gasteiger partial charge < -0.3 is 9.84 Å². The number of fused-ring (bicyclic) bond motifs is 1. The Kier molecular flexibility index (Phi) is 7.49. The molecule has 192 valence electrons. The molecular formula is C31H33NO4S. The summed E-state index contributed by atoms with van der Waals surface area (Å²) in [6, 6.07) is 24.8. The van der Waals surface area contributed by atoms with Crippen molar-refractivity contribution in [2.75, 3.05) is 32.5 Å². The van der Waals surface area contributed by atoms with Crippen LogP contribution >= 0.6 is 0 Å². The Bertz CT molecular complexity index is 1470. The highest BCUT2D eigenvalue weighted by Crippen LogP contribution is 2.34. The van der Waals surface area contributed by atoms with Gasteiger partial charge in [-0.3, -0.25) is 4.90 Å². The van der Waals surface area contributed by atoms with Gasteiger partial charge in [-0.2, -0.15) is 0 Å². The molecule has 5 nitrogen and oxygen atoms in total. The molecule has 1 aliphatic heterocycles. The molecule has 0 saturated carbocycles. The summed E-state index contributed by atoms with van der Waals surface area (Å²) in [6.07, 6.45) is 5.82. The predicted octanol–water partition coefficient (Wildman–Crippen LogP) is 6.07. The fraction of sp³-hybridized carbons (Fsp3) is 0.290. The second-order valence-electron chi connectivity index (χ2n) is 9.87. The number of phenolic OH excluding ortho intramolecular Hbond substituents is 1. The maximum Gasteiger partial charge on any atom is 0.175 e. The van der Waals surface area contributed by atoms with Crippen LogP contribution in [0, 0.1) is 0 Å². The number of piperidine rings is 1. The molecule has 0 spiro atoms. The van der Waals surface area contributed by atoms with Gasteiger partial charge in [0.25, 0.3) is 0 Å². The molecule has 0 aromatic heterocycles. The quantitative estimate of drug-likeness (QED) is 0.308. The molecule has 0 aliphatic carbocycles. The Labute approximate surface area is 219 Å². The Morgan fingerprint density at radius 1 is 0.865 bits per heavy atom. The lowest BCUT2D eigenvalue weighted by Crippen LogP contribution is -2.33. The second kappa shape index (κ2) is 11.0. The molecule has 1 saturated heterocycles. The summed E-state index contributed by atoms with van der Waals surface area (Å²) in [7, 11) is -3.26. The Morgan fingerprint density at radius 3 is 2.30 bits per heavy atom. The number of rotatable bonds is 8. The first kappa shape index (κ1) is 25.3. The normalized spacial score (nSPS) is 14.6. The molecule has 4 aromatic rings. The topological polar surface area (TPSA) is 66.8 Å². The van der Waals surface area contributed by atoms with Crippen molar-refractivity contribution < 1.29 is 18.3 Å². The summed E-state index contributed by atoms with van der Waals surface area (Å²) in [6.45, 7) is 4.00. The van der Waals surface area contributed by atoms with Gasteiger partial charge in [0.2, 0.25) is 0 Å². The molecule has 1 fully saturated rings. The van der Waals surface area contributed by atoms with Crippen LogP contribution in [0.2, 0.25) is 0 Å². The van der Waals surface area contributed by atoms with Crippen LogP contribution in [0.25, 0.3) is 21.9 Å². The summed E-state index contributed by atoms with van der Waals surface area (Å²) in [5, 5.41) is 12.0. The fourth-order valence-electron chi connectivity index (χ4n) is 5.11. The molecule has 1 N–H and O–H groups in total. The van der Waals surface area contributed by atoms with Crippen molar-refractivity contribution in [1.29, 1.82) is 0 Å². The summed E-state index contributed by atoms with van der Waals surface area (Å²) >= 11 is 0. The Balaban J connectivity index is 1.39. The summed E-state index contributed by atoms with van der Waals surface area (Å²) < 4.78 is 29.9. The average molecular weight is 516 g/mol. The first-order valence-corrected chi connectivity index (χ1v) is 14.8. The lowest BCUT2D eigenvalue weighted by atomic mass is 9.90. The van der Waals surface area contributed by atoms with Crippen molar-refractivity contribution in [2.24, 2.45) is 0 Å². The van der Waals surface area contributed by atoms with E-state index in [1.165, 1.54) is 38.6 Å². The number of phenols is 1. The molecule has 37 heavy (non-hydrogen) atoms. The smallest absolute Gasteiger partial charge is 0.175 e. The van der Waals surface area contributed by atoms with E-state index in [4.69, 9.17) is 4.74 Å². The summed E-state index contributed by atoms with van der Waals surface area (Å²) in [5.41, 5.74) is 4.27. The van der Waals surface area contributed by atoms with Gasteiger partial charge in [0.05, 0.1) is 4.90 Å². The molecule has 1 heterocycles. The number of sulfone groups is 1. The number of hydrogen-bond donors (Lipinski definition) is 1. The number of likely N-dealkylation sites (tertiary alicyclic amines) is 1. The SMILES string of the molecule is CS(=O)(=O)c1ccc(-c2ccc3cc(O)ccc3c2Cc2ccc(OCCN3CCCCC3)cc2)cc1. The van der Waals surface area contributed by atoms with Crippen molar-refractivity contribution in [3.8, 4) is 22.6 Å². The van der Waals surface area contributed by atoms with Crippen LogP contribution in [0.1, 0.15) is 30.4 Å². The minimum atomic E-state index is -3.26. The maximum atomic E-state index is 11.9. The van der Waals surface area contributed by atoms with Crippen LogP contribution in [0.15, 0.2) is 83.8 Å². The van der Waals surface area contributed by atoms with E-state index in [0.717, 1.165) is 45.3 Å². The fourth-order valence-corrected chi connectivity index (χ4v) is 5.74. The number of aromatic hydroxyl groups is 1. The number of benzene rings is 4. The van der Waals surface area contributed by atoms with E-state index < -0.39 is 9.84 Å². The molecule has 6 heteroatoms. The van der Waals surface area contributed by atoms with Gasteiger partial charge >= 0.3 is 0 Å². The molecule has 1 aliphatic rings. The van der Waals surface area contributed by atoms with Gasteiger partial charge in [-0.05, 0) is 102 Å². The minimum Gasteiger partial charge on any atom is -0.508 e. The second-order valence-corrected chi connectivity index (χ2v) is 11.9. The zero-order valence-electron chi connectivity index (χ0n) is 21.2. The van der Waals surface area contributed by atoms with Gasteiger partial charge in [-0.25, -0.2) is 8.42 Å². The van der Waals surface area contributed by atoms with Gasteiger partial charge in [-0.15, -0.1) is 0 Å². The standard InChI is InChI=1S/C31H33NO4S/c1-37(34,35)28-13-7-24(8-14-28)29-15-9-25-22-26(33)10-16-30(25)31(29)21-23-5-11-27(12-6-23)36-20-19-32-17-3-2-4-18-32/h5-16,22,33H,2-4,17-21H2,1H3. The van der Waals surface area contributed by atoms with E-state index in [0.29, 0.717) is 17.9 Å². The van der Waals surface area contributed by atoms with Crippen molar-refractivity contribution >= 4 is 20.6 Å². The molecule has 0 atom stereocenters. The number of nitrogens with zero attached hydrogens (tertiary/aromatic N) is 1. The van der Waals surface area contributed by atoms with Crippen LogP contribution in [0.4, 0.5) is 0 Å². The van der Waals surface area contributed by atoms with E-state index in [1.54, 1.807) is 24.3 Å². The average Bonchev–Trinajstić information content (AvgIpc) is 2.90. The molecule has 5 rings (SSSR count). The molecular weight excluding hydrogens is 482 g/mol. The third kappa shape index (κ3) is 6.14. The number of ether oxygens (including phenoxy) is 1. The first-order valence-electron chi connectivity index (χ1n) is 12.9. The highest BCUT2D eigenvalue weighted by Gasteiger charge is 2.14. The molecule has 0 amide bonds. The van der Waals surface area contributed by atoms with Crippen LogP contribution in [-0.4, -0.2) is 50.9 Å². The lowest BCUT2D eigenvalue weighted by Gasteiger charge is -2.26. The van der Waals surface area contributed by atoms with E-state index in [2.05, 4.69) is 17.0 Å². The van der Waals surface area contributed by atoms with E-state index in [1.807, 2.05) is 42.5 Å². The van der Waals surface area contributed by atoms with E-state index in [-0.39, 0.29) is 5.75 Å². The van der Waals surface area contributed by atoms with Gasteiger partial charge in [0.15, 0.2) is 9.84 Å². The van der Waals surface area contributed by atoms with Crippen LogP contribution < -0.4 is 4.74 Å². The van der Waals surface area contributed by atoms with Crippen molar-refractivity contribution in [1.82, 2.24) is 4.90 Å². The minimum absolute atomic E-state index is 0.231. The third-order valence-electron chi connectivity index (χ3n) is 7.14. The Hall–Kier alpha value is -3.35. The molecule has 0 unspecified atom stereocenters. The molecule has 0 bridgehead atoms. The van der Waals surface area contributed by atoms with Crippen molar-refractivity contribution in [2.45, 2.75) is 30.6 Å². The Morgan fingerprint density at radius 2 is 1.59 bits per heavy atom. The van der Waals surface area contributed by atoms with Crippen LogP contribution in [-0.2, 0) is 16.3 Å². The summed E-state index contributed by atoms with van der Waals surface area (Å²) in [4.78, 5) is 2.78. The molecule has 0 radical (unpaired) electrons. The highest BCUT2D eigenvalue weighted by molar-refractivity contribution is 7.90. The van der Waals surface area contributed by atoms with Crippen LogP contribution in [0.3, 0.4) is 0 Å². The lowest BCUT2D eigenvalue weighted by molar-refractivity contribution is 0.183. The van der Waals surface area contributed by atoms with E-state index >= 15 is 0 Å². The van der Waals surface area contributed by atoms with E-state index in [9.17, 15) is 13.5 Å². The maximum absolute atomic E-state index is 11.9. The highest BCUT2D eigenvalue weighted by atomic mass is 32.2. The molecule has 4 aromatic carbocycles. The first-order chi connectivity index (χ1) is 17.9. The van der Waals surface area contributed by atoms with Gasteiger partial charge in [0.1, 0.15) is 18.1 Å². The number of hydrogen-bond acceptors (Lipinski definition) is 5. The predicted molar refractivity (Wildman–Crippen MR) is 149 cm³/mol. The largest absolute Gasteiger partial charge is 0.508 e. The van der Waals surface area contributed by atoms with Crippen molar-refractivity contribution in [3.05, 3.63) is 90.0 Å². The van der Waals surface area contributed by atoms with Gasteiger partial charge in [-0.1, -0.05) is 48.9 Å².